The van der Waals surface area contributed by atoms with Gasteiger partial charge in [-0.1, -0.05) is 0 Å². The SMILES string of the molecule is CC(NCCc1ccc(Br)s1)C(F)F. The highest BCUT2D eigenvalue weighted by atomic mass is 79.9. The molecule has 0 aromatic carbocycles. The first kappa shape index (κ1) is 12.1. The van der Waals surface area contributed by atoms with Gasteiger partial charge in [-0.3, -0.25) is 0 Å². The molecule has 5 heteroatoms. The van der Waals surface area contributed by atoms with Gasteiger partial charge in [-0.05, 0) is 41.4 Å². The number of rotatable bonds is 5. The Morgan fingerprint density at radius 1 is 1.50 bits per heavy atom. The standard InChI is InChI=1S/C9H12BrF2NS/c1-6(9(11)12)13-5-4-7-2-3-8(10)14-7/h2-3,6,9,13H,4-5H2,1H3. The Morgan fingerprint density at radius 3 is 2.71 bits per heavy atom. The molecule has 1 nitrogen and oxygen atoms in total. The summed E-state index contributed by atoms with van der Waals surface area (Å²) in [5.74, 6) is 0. The molecule has 14 heavy (non-hydrogen) atoms. The number of nitrogens with one attached hydrogen (secondary N) is 1. The number of hydrogen-bond donors (Lipinski definition) is 1. The summed E-state index contributed by atoms with van der Waals surface area (Å²) in [5, 5.41) is 2.78. The quantitative estimate of drug-likeness (QED) is 0.874. The van der Waals surface area contributed by atoms with Crippen molar-refractivity contribution in [1.82, 2.24) is 5.32 Å². The van der Waals surface area contributed by atoms with E-state index in [2.05, 4.69) is 21.2 Å². The van der Waals surface area contributed by atoms with E-state index in [9.17, 15) is 8.78 Å². The fourth-order valence-corrected chi connectivity index (χ4v) is 2.48. The maximum Gasteiger partial charge on any atom is 0.253 e. The van der Waals surface area contributed by atoms with Gasteiger partial charge in [-0.2, -0.15) is 0 Å². The second kappa shape index (κ2) is 5.78. The van der Waals surface area contributed by atoms with Crippen molar-refractivity contribution in [2.45, 2.75) is 25.8 Å². The Morgan fingerprint density at radius 2 is 2.21 bits per heavy atom. The zero-order valence-electron chi connectivity index (χ0n) is 7.77. The molecule has 0 aliphatic heterocycles. The summed E-state index contributed by atoms with van der Waals surface area (Å²) in [6, 6.07) is 3.25. The van der Waals surface area contributed by atoms with Crippen molar-refractivity contribution in [3.63, 3.8) is 0 Å². The van der Waals surface area contributed by atoms with Crippen LogP contribution < -0.4 is 5.32 Å². The predicted octanol–water partition coefficient (Wildman–Crippen LogP) is 3.30. The van der Waals surface area contributed by atoms with Crippen LogP contribution in [0.25, 0.3) is 0 Å². The van der Waals surface area contributed by atoms with Gasteiger partial charge >= 0.3 is 0 Å². The molecule has 0 spiro atoms. The van der Waals surface area contributed by atoms with Crippen molar-refractivity contribution in [3.05, 3.63) is 20.8 Å². The fraction of sp³-hybridized carbons (Fsp3) is 0.556. The van der Waals surface area contributed by atoms with Crippen LogP contribution >= 0.6 is 27.3 Å². The van der Waals surface area contributed by atoms with E-state index in [1.165, 1.54) is 11.8 Å². The zero-order valence-corrected chi connectivity index (χ0v) is 10.2. The zero-order chi connectivity index (χ0) is 10.6. The average molecular weight is 284 g/mol. The molecule has 0 saturated carbocycles. The number of thiophene rings is 1. The number of halogens is 3. The van der Waals surface area contributed by atoms with Gasteiger partial charge in [0.25, 0.3) is 6.43 Å². The Bertz CT molecular complexity index is 278. The van der Waals surface area contributed by atoms with E-state index in [1.54, 1.807) is 11.3 Å². The van der Waals surface area contributed by atoms with Crippen molar-refractivity contribution in [3.8, 4) is 0 Å². The molecule has 0 radical (unpaired) electrons. The van der Waals surface area contributed by atoms with Crippen molar-refractivity contribution in [1.29, 1.82) is 0 Å². The molecular weight excluding hydrogens is 272 g/mol. The number of alkyl halides is 2. The van der Waals surface area contributed by atoms with Crippen LogP contribution in [0.15, 0.2) is 15.9 Å². The number of hydrogen-bond acceptors (Lipinski definition) is 2. The maximum absolute atomic E-state index is 12.1. The first-order valence-electron chi connectivity index (χ1n) is 4.35. The summed E-state index contributed by atoms with van der Waals surface area (Å²) in [7, 11) is 0. The van der Waals surface area contributed by atoms with Gasteiger partial charge in [0.2, 0.25) is 0 Å². The third kappa shape index (κ3) is 4.02. The van der Waals surface area contributed by atoms with Gasteiger partial charge < -0.3 is 5.32 Å². The first-order chi connectivity index (χ1) is 6.59. The van der Waals surface area contributed by atoms with E-state index in [0.717, 1.165) is 10.2 Å². The van der Waals surface area contributed by atoms with Crippen LogP contribution in [-0.2, 0) is 6.42 Å². The maximum atomic E-state index is 12.1. The normalized spacial score (nSPS) is 13.5. The molecule has 1 aromatic heterocycles. The van der Waals surface area contributed by atoms with E-state index in [0.29, 0.717) is 6.54 Å². The van der Waals surface area contributed by atoms with Crippen LogP contribution in [0.5, 0.6) is 0 Å². The van der Waals surface area contributed by atoms with Crippen LogP contribution in [0.4, 0.5) is 8.78 Å². The first-order valence-corrected chi connectivity index (χ1v) is 5.96. The monoisotopic (exact) mass is 283 g/mol. The molecule has 0 saturated heterocycles. The van der Waals surface area contributed by atoms with E-state index in [4.69, 9.17) is 0 Å². The average Bonchev–Trinajstić information content (AvgIpc) is 2.51. The molecule has 0 amide bonds. The highest BCUT2D eigenvalue weighted by molar-refractivity contribution is 9.11. The van der Waals surface area contributed by atoms with Gasteiger partial charge in [0, 0.05) is 11.4 Å². The summed E-state index contributed by atoms with van der Waals surface area (Å²) < 4.78 is 25.3. The van der Waals surface area contributed by atoms with Gasteiger partial charge in [0.15, 0.2) is 0 Å². The lowest BCUT2D eigenvalue weighted by molar-refractivity contribution is 0.106. The van der Waals surface area contributed by atoms with Gasteiger partial charge in [0.1, 0.15) is 0 Å². The van der Waals surface area contributed by atoms with E-state index >= 15 is 0 Å². The molecule has 0 fully saturated rings. The Balaban J connectivity index is 2.22. The molecule has 1 heterocycles. The molecule has 0 aliphatic rings. The summed E-state index contributed by atoms with van der Waals surface area (Å²) in [6.07, 6.45) is -1.49. The molecule has 1 aromatic rings. The van der Waals surface area contributed by atoms with Crippen LogP contribution in [-0.4, -0.2) is 19.0 Å². The van der Waals surface area contributed by atoms with Gasteiger partial charge in [0.05, 0.1) is 9.83 Å². The highest BCUT2D eigenvalue weighted by Crippen LogP contribution is 2.22. The largest absolute Gasteiger partial charge is 0.309 e. The van der Waals surface area contributed by atoms with E-state index in [1.807, 2.05) is 12.1 Å². The van der Waals surface area contributed by atoms with E-state index < -0.39 is 12.5 Å². The van der Waals surface area contributed by atoms with Crippen molar-refractivity contribution >= 4 is 27.3 Å². The molecule has 1 atom stereocenters. The molecule has 0 aliphatic carbocycles. The molecule has 1 rings (SSSR count). The lowest BCUT2D eigenvalue weighted by Crippen LogP contribution is -2.33. The molecule has 1 N–H and O–H groups in total. The lowest BCUT2D eigenvalue weighted by Gasteiger charge is -2.11. The minimum atomic E-state index is -2.29. The van der Waals surface area contributed by atoms with Crippen LogP contribution in [0.1, 0.15) is 11.8 Å². The minimum Gasteiger partial charge on any atom is -0.309 e. The second-order valence-corrected chi connectivity index (χ2v) is 5.58. The van der Waals surface area contributed by atoms with E-state index in [-0.39, 0.29) is 0 Å². The predicted molar refractivity (Wildman–Crippen MR) is 59.2 cm³/mol. The van der Waals surface area contributed by atoms with Crippen molar-refractivity contribution < 1.29 is 8.78 Å². The summed E-state index contributed by atoms with van der Waals surface area (Å²) >= 11 is 4.99. The topological polar surface area (TPSA) is 12.0 Å². The van der Waals surface area contributed by atoms with Gasteiger partial charge in [-0.15, -0.1) is 11.3 Å². The fourth-order valence-electron chi connectivity index (χ4n) is 0.998. The van der Waals surface area contributed by atoms with Crippen molar-refractivity contribution in [2.24, 2.45) is 0 Å². The Labute approximate surface area is 94.6 Å². The summed E-state index contributed by atoms with van der Waals surface area (Å²) in [4.78, 5) is 1.20. The highest BCUT2D eigenvalue weighted by Gasteiger charge is 2.12. The summed E-state index contributed by atoms with van der Waals surface area (Å²) in [6.45, 7) is 2.09. The molecular formula is C9H12BrF2NS. The summed E-state index contributed by atoms with van der Waals surface area (Å²) in [5.41, 5.74) is 0. The van der Waals surface area contributed by atoms with Crippen LogP contribution in [0.2, 0.25) is 0 Å². The van der Waals surface area contributed by atoms with Crippen molar-refractivity contribution in [2.75, 3.05) is 6.54 Å². The molecule has 80 valence electrons. The molecule has 1 unspecified atom stereocenters. The van der Waals surface area contributed by atoms with Crippen LogP contribution in [0.3, 0.4) is 0 Å². The van der Waals surface area contributed by atoms with Crippen LogP contribution in [0, 0.1) is 0 Å². The Kier molecular flexibility index (Phi) is 4.98. The Hall–Kier alpha value is -0.0000000000000000833. The second-order valence-electron chi connectivity index (χ2n) is 3.03. The van der Waals surface area contributed by atoms with Gasteiger partial charge in [-0.25, -0.2) is 8.78 Å². The smallest absolute Gasteiger partial charge is 0.253 e. The third-order valence-electron chi connectivity index (χ3n) is 1.84. The molecule has 0 bridgehead atoms. The third-order valence-corrected chi connectivity index (χ3v) is 3.53. The lowest BCUT2D eigenvalue weighted by atomic mass is 10.3. The minimum absolute atomic E-state index is 0.596.